The Morgan fingerprint density at radius 1 is 1.20 bits per heavy atom. The van der Waals surface area contributed by atoms with Crippen LogP contribution in [0.4, 0.5) is 0 Å². The molecule has 0 aromatic heterocycles. The fourth-order valence-corrected chi connectivity index (χ4v) is 2.71. The van der Waals surface area contributed by atoms with Crippen LogP contribution in [0.2, 0.25) is 0 Å². The molecule has 0 atom stereocenters. The summed E-state index contributed by atoms with van der Waals surface area (Å²) in [7, 11) is 0. The van der Waals surface area contributed by atoms with Gasteiger partial charge in [0.05, 0.1) is 0 Å². The normalized spacial score (nSPS) is 27.6. The minimum absolute atomic E-state index is 0.676. The van der Waals surface area contributed by atoms with Crippen LogP contribution in [0.3, 0.4) is 0 Å². The summed E-state index contributed by atoms with van der Waals surface area (Å²) in [6.07, 6.45) is 6.76. The summed E-state index contributed by atoms with van der Waals surface area (Å²) in [6, 6.07) is 1.50. The summed E-state index contributed by atoms with van der Waals surface area (Å²) >= 11 is 0. The molecule has 0 bridgehead atoms. The lowest BCUT2D eigenvalue weighted by molar-refractivity contribution is 0.107. The van der Waals surface area contributed by atoms with E-state index in [9.17, 15) is 0 Å². The van der Waals surface area contributed by atoms with Gasteiger partial charge in [-0.2, -0.15) is 0 Å². The first-order valence-electron chi connectivity index (χ1n) is 6.61. The maximum absolute atomic E-state index is 5.60. The zero-order valence-electron chi connectivity index (χ0n) is 10.7. The molecule has 90 valence electrons. The molecule has 0 amide bonds. The largest absolute Gasteiger partial charge is 0.330 e. The van der Waals surface area contributed by atoms with Gasteiger partial charge in [0.25, 0.3) is 0 Å². The average molecular weight is 212 g/mol. The van der Waals surface area contributed by atoms with Crippen molar-refractivity contribution in [2.75, 3.05) is 13.1 Å². The lowest BCUT2D eigenvalue weighted by atomic mass is 9.86. The summed E-state index contributed by atoms with van der Waals surface area (Å²) in [5.74, 6) is 0.949. The van der Waals surface area contributed by atoms with Gasteiger partial charge in [-0.3, -0.25) is 4.90 Å². The first-order valence-corrected chi connectivity index (χ1v) is 6.61. The van der Waals surface area contributed by atoms with E-state index in [0.29, 0.717) is 6.04 Å². The second-order valence-corrected chi connectivity index (χ2v) is 5.39. The van der Waals surface area contributed by atoms with Crippen LogP contribution in [0, 0.1) is 5.92 Å². The molecule has 1 fully saturated rings. The third kappa shape index (κ3) is 4.12. The Morgan fingerprint density at radius 3 is 2.27 bits per heavy atom. The fraction of sp³-hybridized carbons (Fsp3) is 1.00. The molecule has 0 aliphatic heterocycles. The number of hydrogen-bond acceptors (Lipinski definition) is 2. The van der Waals surface area contributed by atoms with Crippen molar-refractivity contribution in [1.29, 1.82) is 0 Å². The van der Waals surface area contributed by atoms with Gasteiger partial charge in [-0.05, 0) is 65.0 Å². The monoisotopic (exact) mass is 212 g/mol. The van der Waals surface area contributed by atoms with Crippen molar-refractivity contribution in [1.82, 2.24) is 4.90 Å². The number of nitrogens with two attached hydrogens (primary N) is 1. The van der Waals surface area contributed by atoms with Crippen molar-refractivity contribution >= 4 is 0 Å². The lowest BCUT2D eigenvalue weighted by Gasteiger charge is -2.38. The van der Waals surface area contributed by atoms with Gasteiger partial charge in [0.15, 0.2) is 0 Å². The Morgan fingerprint density at radius 2 is 1.80 bits per heavy atom. The van der Waals surface area contributed by atoms with Crippen LogP contribution < -0.4 is 5.73 Å². The Bertz CT molecular complexity index is 160. The molecule has 2 N–H and O–H groups in total. The van der Waals surface area contributed by atoms with Gasteiger partial charge in [-0.25, -0.2) is 0 Å². The molecule has 0 aromatic rings. The van der Waals surface area contributed by atoms with E-state index in [1.54, 1.807) is 0 Å². The molecule has 15 heavy (non-hydrogen) atoms. The zero-order valence-corrected chi connectivity index (χ0v) is 10.7. The molecule has 1 aliphatic carbocycles. The Balaban J connectivity index is 2.41. The van der Waals surface area contributed by atoms with E-state index in [1.807, 2.05) is 0 Å². The van der Waals surface area contributed by atoms with E-state index >= 15 is 0 Å². The average Bonchev–Trinajstić information content (AvgIpc) is 2.21. The molecule has 0 saturated heterocycles. The first kappa shape index (κ1) is 13.0. The maximum Gasteiger partial charge on any atom is 0.00981 e. The smallest absolute Gasteiger partial charge is 0.00981 e. The van der Waals surface area contributed by atoms with Crippen LogP contribution in [0.1, 0.15) is 52.9 Å². The van der Waals surface area contributed by atoms with Crippen molar-refractivity contribution in [2.45, 2.75) is 65.0 Å². The molecule has 1 saturated carbocycles. The highest BCUT2D eigenvalue weighted by Gasteiger charge is 2.24. The van der Waals surface area contributed by atoms with E-state index in [-0.39, 0.29) is 0 Å². The van der Waals surface area contributed by atoms with E-state index in [1.165, 1.54) is 32.2 Å². The minimum Gasteiger partial charge on any atom is -0.330 e. The fourth-order valence-electron chi connectivity index (χ4n) is 2.71. The number of hydrogen-bond donors (Lipinski definition) is 1. The van der Waals surface area contributed by atoms with Crippen molar-refractivity contribution in [3.8, 4) is 0 Å². The summed E-state index contributed by atoms with van der Waals surface area (Å²) in [5, 5.41) is 0. The number of rotatable bonds is 5. The molecule has 0 spiro atoms. The van der Waals surface area contributed by atoms with E-state index < -0.39 is 0 Å². The Kier molecular flexibility index (Phi) is 5.62. The molecule has 0 radical (unpaired) electrons. The quantitative estimate of drug-likeness (QED) is 0.759. The van der Waals surface area contributed by atoms with E-state index in [2.05, 4.69) is 25.7 Å². The summed E-state index contributed by atoms with van der Waals surface area (Å²) in [4.78, 5) is 2.67. The molecule has 2 nitrogen and oxygen atoms in total. The molecule has 1 aliphatic rings. The molecule has 0 aromatic carbocycles. The Labute approximate surface area is 95.2 Å². The van der Waals surface area contributed by atoms with Crippen molar-refractivity contribution < 1.29 is 0 Å². The van der Waals surface area contributed by atoms with Gasteiger partial charge < -0.3 is 5.73 Å². The summed E-state index contributed by atoms with van der Waals surface area (Å²) in [5.41, 5.74) is 5.60. The highest BCUT2D eigenvalue weighted by Crippen LogP contribution is 2.28. The predicted molar refractivity (Wildman–Crippen MR) is 66.9 cm³/mol. The summed E-state index contributed by atoms with van der Waals surface area (Å²) < 4.78 is 0. The molecule has 1 rings (SSSR count). The van der Waals surface area contributed by atoms with Crippen LogP contribution in [0.25, 0.3) is 0 Å². The SMILES string of the molecule is CC1CCC(N(CCCN)C(C)C)CC1. The maximum atomic E-state index is 5.60. The van der Waals surface area contributed by atoms with Gasteiger partial charge in [-0.15, -0.1) is 0 Å². The third-order valence-corrected chi connectivity index (χ3v) is 3.74. The Hall–Kier alpha value is -0.0800. The highest BCUT2D eigenvalue weighted by molar-refractivity contribution is 4.80. The molecular weight excluding hydrogens is 184 g/mol. The van der Waals surface area contributed by atoms with Gasteiger partial charge in [0.1, 0.15) is 0 Å². The topological polar surface area (TPSA) is 29.3 Å². The van der Waals surface area contributed by atoms with E-state index in [0.717, 1.165) is 24.9 Å². The van der Waals surface area contributed by atoms with Crippen molar-refractivity contribution in [3.05, 3.63) is 0 Å². The standard InChI is InChI=1S/C13H28N2/c1-11(2)15(10-4-9-14)13-7-5-12(3)6-8-13/h11-13H,4-10,14H2,1-3H3. The predicted octanol–water partition coefficient (Wildman–Crippen LogP) is 2.62. The summed E-state index contributed by atoms with van der Waals surface area (Å²) in [6.45, 7) is 9.03. The third-order valence-electron chi connectivity index (χ3n) is 3.74. The first-order chi connectivity index (χ1) is 7.15. The zero-order chi connectivity index (χ0) is 11.3. The van der Waals surface area contributed by atoms with Gasteiger partial charge in [0.2, 0.25) is 0 Å². The van der Waals surface area contributed by atoms with Crippen molar-refractivity contribution in [3.63, 3.8) is 0 Å². The molecule has 2 heteroatoms. The van der Waals surface area contributed by atoms with Crippen molar-refractivity contribution in [2.24, 2.45) is 11.7 Å². The van der Waals surface area contributed by atoms with Crippen LogP contribution in [-0.4, -0.2) is 30.1 Å². The highest BCUT2D eigenvalue weighted by atomic mass is 15.2. The molecular formula is C13H28N2. The van der Waals surface area contributed by atoms with Crippen LogP contribution >= 0.6 is 0 Å². The minimum atomic E-state index is 0.676. The lowest BCUT2D eigenvalue weighted by Crippen LogP contribution is -2.43. The van der Waals surface area contributed by atoms with Gasteiger partial charge in [0, 0.05) is 12.1 Å². The second-order valence-electron chi connectivity index (χ2n) is 5.39. The second kappa shape index (κ2) is 6.49. The van der Waals surface area contributed by atoms with Crippen LogP contribution in [0.5, 0.6) is 0 Å². The van der Waals surface area contributed by atoms with Crippen LogP contribution in [0.15, 0.2) is 0 Å². The number of nitrogens with zero attached hydrogens (tertiary/aromatic N) is 1. The van der Waals surface area contributed by atoms with Crippen LogP contribution in [-0.2, 0) is 0 Å². The van der Waals surface area contributed by atoms with Gasteiger partial charge in [-0.1, -0.05) is 6.92 Å². The van der Waals surface area contributed by atoms with E-state index in [4.69, 9.17) is 5.73 Å². The molecule has 0 unspecified atom stereocenters. The van der Waals surface area contributed by atoms with Gasteiger partial charge >= 0.3 is 0 Å². The molecule has 0 heterocycles.